The van der Waals surface area contributed by atoms with E-state index in [4.69, 9.17) is 0 Å². The summed E-state index contributed by atoms with van der Waals surface area (Å²) in [7, 11) is 1.94. The van der Waals surface area contributed by atoms with Gasteiger partial charge in [0, 0.05) is 19.2 Å². The first-order valence-corrected chi connectivity index (χ1v) is 6.89. The van der Waals surface area contributed by atoms with Crippen molar-refractivity contribution in [1.82, 2.24) is 15.2 Å². The van der Waals surface area contributed by atoms with Gasteiger partial charge in [0.2, 0.25) is 0 Å². The molecule has 0 radical (unpaired) electrons. The van der Waals surface area contributed by atoms with Crippen molar-refractivity contribution in [3.63, 3.8) is 0 Å². The predicted molar refractivity (Wildman–Crippen MR) is 81.9 cm³/mol. The van der Waals surface area contributed by atoms with Gasteiger partial charge in [-0.2, -0.15) is 0 Å². The Morgan fingerprint density at radius 1 is 1.48 bits per heavy atom. The van der Waals surface area contributed by atoms with Gasteiger partial charge < -0.3 is 20.3 Å². The van der Waals surface area contributed by atoms with Crippen LogP contribution in [0.4, 0.5) is 5.82 Å². The number of aromatic nitrogens is 1. The number of piperidine rings is 1. The van der Waals surface area contributed by atoms with Gasteiger partial charge in [-0.3, -0.25) is 4.79 Å². The molecule has 7 nitrogen and oxygen atoms in total. The molecule has 1 saturated heterocycles. The van der Waals surface area contributed by atoms with Gasteiger partial charge in [-0.25, -0.2) is 4.98 Å². The number of nitrogens with one attached hydrogen (secondary N) is 2. The van der Waals surface area contributed by atoms with Crippen LogP contribution in [0.5, 0.6) is 0 Å². The molecular weight excluding hydrogens is 296 g/mol. The maximum Gasteiger partial charge on any atom is 0.321 e. The molecule has 1 fully saturated rings. The minimum Gasteiger partial charge on any atom is -0.358 e. The highest BCUT2D eigenvalue weighted by atomic mass is 35.5. The number of nitrogens with zero attached hydrogens (tertiary/aromatic N) is 2. The fourth-order valence-electron chi connectivity index (χ4n) is 2.56. The van der Waals surface area contributed by atoms with E-state index in [1.165, 1.54) is 12.1 Å². The Kier molecular flexibility index (Phi) is 6.64. The Balaban J connectivity index is 0.00000220. The molecule has 2 heterocycles. The van der Waals surface area contributed by atoms with Crippen LogP contribution in [0.25, 0.3) is 0 Å². The van der Waals surface area contributed by atoms with Gasteiger partial charge in [0.15, 0.2) is 5.69 Å². The molecule has 0 aliphatic carbocycles. The lowest BCUT2D eigenvalue weighted by Gasteiger charge is -2.31. The topological polar surface area (TPSA) is 91.3 Å². The normalized spacial score (nSPS) is 15.6. The average Bonchev–Trinajstić information content (AvgIpc) is 2.95. The first kappa shape index (κ1) is 17.5. The Bertz CT molecular complexity index is 484. The molecule has 0 aromatic carbocycles. The largest absolute Gasteiger partial charge is 0.358 e. The van der Waals surface area contributed by atoms with Crippen LogP contribution in [-0.2, 0) is 0 Å². The highest BCUT2D eigenvalue weighted by molar-refractivity contribution is 5.93. The Morgan fingerprint density at radius 3 is 2.67 bits per heavy atom. The van der Waals surface area contributed by atoms with Gasteiger partial charge in [-0.15, -0.1) is 12.4 Å². The Hall–Kier alpha value is -1.60. The second-order valence-electron chi connectivity index (χ2n) is 5.14. The van der Waals surface area contributed by atoms with Gasteiger partial charge in [0.05, 0.1) is 0 Å². The standard InChI is InChI=1S/C13H20N4O3.ClH/c1-14-7-4-10-5-8-16(9-6-10)13(18)11-2-3-12(15-11)17(19)20;/h2-3,10,14-15H,4-9H2,1H3;1H. The third-order valence-electron chi connectivity index (χ3n) is 3.80. The monoisotopic (exact) mass is 316 g/mol. The summed E-state index contributed by atoms with van der Waals surface area (Å²) >= 11 is 0. The van der Waals surface area contributed by atoms with E-state index in [9.17, 15) is 14.9 Å². The molecule has 0 saturated carbocycles. The summed E-state index contributed by atoms with van der Waals surface area (Å²) in [5, 5.41) is 13.7. The van der Waals surface area contributed by atoms with Crippen molar-refractivity contribution in [3.8, 4) is 0 Å². The van der Waals surface area contributed by atoms with E-state index in [0.29, 0.717) is 11.6 Å². The van der Waals surface area contributed by atoms with Crippen molar-refractivity contribution in [2.45, 2.75) is 19.3 Å². The van der Waals surface area contributed by atoms with E-state index in [1.54, 1.807) is 4.90 Å². The number of nitro groups is 1. The lowest BCUT2D eigenvalue weighted by molar-refractivity contribution is -0.389. The molecular formula is C13H21ClN4O3. The third-order valence-corrected chi connectivity index (χ3v) is 3.80. The number of carbonyl (C=O) groups is 1. The Labute approximate surface area is 129 Å². The molecule has 0 bridgehead atoms. The summed E-state index contributed by atoms with van der Waals surface area (Å²) in [4.78, 5) is 26.6. The highest BCUT2D eigenvalue weighted by Crippen LogP contribution is 2.22. The zero-order chi connectivity index (χ0) is 14.5. The summed E-state index contributed by atoms with van der Waals surface area (Å²) in [6.07, 6.45) is 3.12. The molecule has 0 atom stereocenters. The van der Waals surface area contributed by atoms with Crippen LogP contribution in [0.15, 0.2) is 12.1 Å². The van der Waals surface area contributed by atoms with Crippen LogP contribution in [0.3, 0.4) is 0 Å². The highest BCUT2D eigenvalue weighted by Gasteiger charge is 2.26. The van der Waals surface area contributed by atoms with Crippen LogP contribution >= 0.6 is 12.4 Å². The maximum atomic E-state index is 12.2. The average molecular weight is 317 g/mol. The predicted octanol–water partition coefficient (Wildman–Crippen LogP) is 1.81. The fraction of sp³-hybridized carbons (Fsp3) is 0.615. The number of H-pyrrole nitrogens is 1. The number of likely N-dealkylation sites (tertiary alicyclic amines) is 1. The number of carbonyl (C=O) groups excluding carboxylic acids is 1. The first-order valence-electron chi connectivity index (χ1n) is 6.89. The summed E-state index contributed by atoms with van der Waals surface area (Å²) in [5.74, 6) is 0.368. The molecule has 1 aromatic rings. The van der Waals surface area contributed by atoms with Gasteiger partial charge in [-0.05, 0) is 49.8 Å². The van der Waals surface area contributed by atoms with Crippen molar-refractivity contribution in [2.75, 3.05) is 26.7 Å². The zero-order valence-electron chi connectivity index (χ0n) is 12.0. The number of hydrogen-bond acceptors (Lipinski definition) is 4. The van der Waals surface area contributed by atoms with E-state index in [-0.39, 0.29) is 24.1 Å². The number of halogens is 1. The van der Waals surface area contributed by atoms with Crippen molar-refractivity contribution >= 4 is 24.1 Å². The van der Waals surface area contributed by atoms with Gasteiger partial charge in [0.25, 0.3) is 5.91 Å². The molecule has 1 aliphatic rings. The lowest BCUT2D eigenvalue weighted by Crippen LogP contribution is -2.39. The van der Waals surface area contributed by atoms with Gasteiger partial charge >= 0.3 is 5.82 Å². The summed E-state index contributed by atoms with van der Waals surface area (Å²) in [6.45, 7) is 2.45. The number of rotatable bonds is 5. The minimum atomic E-state index is -0.527. The minimum absolute atomic E-state index is 0. The molecule has 1 aliphatic heterocycles. The van der Waals surface area contributed by atoms with Crippen LogP contribution in [0.1, 0.15) is 29.8 Å². The van der Waals surface area contributed by atoms with E-state index in [2.05, 4.69) is 10.3 Å². The summed E-state index contributed by atoms with van der Waals surface area (Å²) < 4.78 is 0. The van der Waals surface area contributed by atoms with Crippen molar-refractivity contribution < 1.29 is 9.72 Å². The summed E-state index contributed by atoms with van der Waals surface area (Å²) in [5.41, 5.74) is 0.297. The number of hydrogen-bond donors (Lipinski definition) is 2. The second kappa shape index (κ2) is 7.99. The zero-order valence-corrected chi connectivity index (χ0v) is 12.8. The van der Waals surface area contributed by atoms with E-state index >= 15 is 0 Å². The molecule has 118 valence electrons. The summed E-state index contributed by atoms with van der Waals surface area (Å²) in [6, 6.07) is 2.81. The van der Waals surface area contributed by atoms with Crippen LogP contribution in [0.2, 0.25) is 0 Å². The van der Waals surface area contributed by atoms with Crippen molar-refractivity contribution in [1.29, 1.82) is 0 Å². The fourth-order valence-corrected chi connectivity index (χ4v) is 2.56. The van der Waals surface area contributed by atoms with Crippen LogP contribution in [0, 0.1) is 16.0 Å². The lowest BCUT2D eigenvalue weighted by atomic mass is 9.93. The molecule has 0 unspecified atom stereocenters. The van der Waals surface area contributed by atoms with E-state index in [0.717, 1.165) is 38.9 Å². The second-order valence-corrected chi connectivity index (χ2v) is 5.14. The van der Waals surface area contributed by atoms with Gasteiger partial charge in [0.1, 0.15) is 0 Å². The van der Waals surface area contributed by atoms with Crippen molar-refractivity contribution in [3.05, 3.63) is 27.9 Å². The molecule has 0 spiro atoms. The van der Waals surface area contributed by atoms with Crippen molar-refractivity contribution in [2.24, 2.45) is 5.92 Å². The molecule has 2 N–H and O–H groups in total. The molecule has 21 heavy (non-hydrogen) atoms. The van der Waals surface area contributed by atoms with Crippen LogP contribution < -0.4 is 5.32 Å². The Morgan fingerprint density at radius 2 is 2.14 bits per heavy atom. The number of amides is 1. The molecule has 2 rings (SSSR count). The molecule has 8 heteroatoms. The smallest absolute Gasteiger partial charge is 0.321 e. The quantitative estimate of drug-likeness (QED) is 0.640. The molecule has 1 aromatic heterocycles. The number of aromatic amines is 1. The maximum absolute atomic E-state index is 12.2. The van der Waals surface area contributed by atoms with E-state index in [1.807, 2.05) is 7.05 Å². The van der Waals surface area contributed by atoms with Gasteiger partial charge in [-0.1, -0.05) is 0 Å². The SMILES string of the molecule is CNCCC1CCN(C(=O)c2ccc([N+](=O)[O-])[nH]2)CC1.Cl. The first-order chi connectivity index (χ1) is 9.61. The molecule has 1 amide bonds. The van der Waals surface area contributed by atoms with Crippen LogP contribution in [-0.4, -0.2) is 47.4 Å². The third kappa shape index (κ3) is 4.44. The van der Waals surface area contributed by atoms with E-state index < -0.39 is 4.92 Å².